The SMILES string of the molecule is Clc1ccc2c(c1)sc1c(Br)cccc12. The van der Waals surface area contributed by atoms with E-state index in [0.29, 0.717) is 0 Å². The topological polar surface area (TPSA) is 0 Å². The van der Waals surface area contributed by atoms with Crippen LogP contribution in [0.25, 0.3) is 20.2 Å². The summed E-state index contributed by atoms with van der Waals surface area (Å²) in [4.78, 5) is 0. The third-order valence-electron chi connectivity index (χ3n) is 2.41. The Morgan fingerprint density at radius 2 is 1.93 bits per heavy atom. The second kappa shape index (κ2) is 3.48. The second-order valence-corrected chi connectivity index (χ2v) is 5.70. The molecule has 0 bridgehead atoms. The molecule has 0 spiro atoms. The fraction of sp³-hybridized carbons (Fsp3) is 0. The van der Waals surface area contributed by atoms with Crippen molar-refractivity contribution in [3.63, 3.8) is 0 Å². The lowest BCUT2D eigenvalue weighted by atomic mass is 10.1. The molecule has 0 aliphatic rings. The Hall–Kier alpha value is -0.570. The molecule has 0 radical (unpaired) electrons. The summed E-state index contributed by atoms with van der Waals surface area (Å²) < 4.78 is 3.68. The molecule has 74 valence electrons. The van der Waals surface area contributed by atoms with E-state index >= 15 is 0 Å². The van der Waals surface area contributed by atoms with Crippen molar-refractivity contribution in [2.24, 2.45) is 0 Å². The summed E-state index contributed by atoms with van der Waals surface area (Å²) in [7, 11) is 0. The summed E-state index contributed by atoms with van der Waals surface area (Å²) in [5.74, 6) is 0. The highest BCUT2D eigenvalue weighted by molar-refractivity contribution is 9.10. The van der Waals surface area contributed by atoms with Crippen LogP contribution in [0.1, 0.15) is 0 Å². The van der Waals surface area contributed by atoms with Crippen molar-refractivity contribution in [2.75, 3.05) is 0 Å². The molecule has 3 heteroatoms. The van der Waals surface area contributed by atoms with Gasteiger partial charge in [-0.2, -0.15) is 0 Å². The molecule has 0 atom stereocenters. The van der Waals surface area contributed by atoms with E-state index in [9.17, 15) is 0 Å². The quantitative estimate of drug-likeness (QED) is 0.516. The van der Waals surface area contributed by atoms with Gasteiger partial charge < -0.3 is 0 Å². The normalized spacial score (nSPS) is 11.3. The van der Waals surface area contributed by atoms with Gasteiger partial charge in [0.15, 0.2) is 0 Å². The van der Waals surface area contributed by atoms with Gasteiger partial charge in [-0.15, -0.1) is 11.3 Å². The smallest absolute Gasteiger partial charge is 0.0497 e. The van der Waals surface area contributed by atoms with Crippen LogP contribution in [0.2, 0.25) is 5.02 Å². The van der Waals surface area contributed by atoms with Crippen LogP contribution in [0.3, 0.4) is 0 Å². The highest BCUT2D eigenvalue weighted by atomic mass is 79.9. The fourth-order valence-electron chi connectivity index (χ4n) is 1.74. The first-order chi connectivity index (χ1) is 7.25. The minimum Gasteiger partial charge on any atom is -0.134 e. The molecule has 2 aromatic carbocycles. The number of halogens is 2. The molecule has 15 heavy (non-hydrogen) atoms. The lowest BCUT2D eigenvalue weighted by Crippen LogP contribution is -1.67. The number of rotatable bonds is 0. The predicted octanol–water partition coefficient (Wildman–Crippen LogP) is 5.47. The van der Waals surface area contributed by atoms with Crippen LogP contribution < -0.4 is 0 Å². The molecule has 0 N–H and O–H groups in total. The van der Waals surface area contributed by atoms with Gasteiger partial charge in [-0.25, -0.2) is 0 Å². The molecule has 0 nitrogen and oxygen atoms in total. The Kier molecular flexibility index (Phi) is 2.23. The van der Waals surface area contributed by atoms with Crippen LogP contribution in [-0.2, 0) is 0 Å². The Labute approximate surface area is 105 Å². The zero-order valence-electron chi connectivity index (χ0n) is 7.63. The fourth-order valence-corrected chi connectivity index (χ4v) is 3.73. The Morgan fingerprint density at radius 1 is 1.07 bits per heavy atom. The Balaban J connectivity index is 2.57. The average Bonchev–Trinajstić information content (AvgIpc) is 2.57. The summed E-state index contributed by atoms with van der Waals surface area (Å²) in [6.07, 6.45) is 0. The molecule has 3 aromatic rings. The monoisotopic (exact) mass is 296 g/mol. The lowest BCUT2D eigenvalue weighted by molar-refractivity contribution is 1.80. The van der Waals surface area contributed by atoms with E-state index in [1.54, 1.807) is 11.3 Å². The van der Waals surface area contributed by atoms with Crippen LogP contribution >= 0.6 is 38.9 Å². The zero-order valence-corrected chi connectivity index (χ0v) is 10.8. The van der Waals surface area contributed by atoms with Crippen LogP contribution in [0, 0.1) is 0 Å². The minimum atomic E-state index is 0.796. The first-order valence-electron chi connectivity index (χ1n) is 4.52. The first kappa shape index (κ1) is 9.64. The Morgan fingerprint density at radius 3 is 2.80 bits per heavy atom. The van der Waals surface area contributed by atoms with Crippen LogP contribution in [0.5, 0.6) is 0 Å². The molecule has 0 unspecified atom stereocenters. The predicted molar refractivity (Wildman–Crippen MR) is 72.0 cm³/mol. The van der Waals surface area contributed by atoms with Crippen LogP contribution in [-0.4, -0.2) is 0 Å². The van der Waals surface area contributed by atoms with Gasteiger partial charge in [-0.1, -0.05) is 29.8 Å². The number of benzene rings is 2. The molecule has 0 amide bonds. The van der Waals surface area contributed by atoms with Gasteiger partial charge in [-0.3, -0.25) is 0 Å². The van der Waals surface area contributed by atoms with Crippen LogP contribution in [0.15, 0.2) is 40.9 Å². The van der Waals surface area contributed by atoms with Crippen molar-refractivity contribution in [3.8, 4) is 0 Å². The van der Waals surface area contributed by atoms with Gasteiger partial charge in [0.2, 0.25) is 0 Å². The number of hydrogen-bond acceptors (Lipinski definition) is 1. The first-order valence-corrected chi connectivity index (χ1v) is 6.51. The van der Waals surface area contributed by atoms with Gasteiger partial charge >= 0.3 is 0 Å². The highest BCUT2D eigenvalue weighted by Gasteiger charge is 2.06. The minimum absolute atomic E-state index is 0.796. The van der Waals surface area contributed by atoms with Gasteiger partial charge in [0.05, 0.1) is 0 Å². The third-order valence-corrected chi connectivity index (χ3v) is 4.77. The maximum absolute atomic E-state index is 5.98. The molecule has 1 heterocycles. The van der Waals surface area contributed by atoms with E-state index < -0.39 is 0 Å². The molecule has 0 aliphatic heterocycles. The van der Waals surface area contributed by atoms with Crippen molar-refractivity contribution in [1.29, 1.82) is 0 Å². The van der Waals surface area contributed by atoms with Crippen molar-refractivity contribution < 1.29 is 0 Å². The van der Waals surface area contributed by atoms with E-state index in [0.717, 1.165) is 9.50 Å². The summed E-state index contributed by atoms with van der Waals surface area (Å²) in [6.45, 7) is 0. The molecular weight excluding hydrogens is 292 g/mol. The van der Waals surface area contributed by atoms with Gasteiger partial charge in [0.25, 0.3) is 0 Å². The van der Waals surface area contributed by atoms with E-state index in [1.807, 2.05) is 12.1 Å². The van der Waals surface area contributed by atoms with Crippen molar-refractivity contribution in [1.82, 2.24) is 0 Å². The van der Waals surface area contributed by atoms with E-state index in [2.05, 4.69) is 40.2 Å². The maximum Gasteiger partial charge on any atom is 0.0497 e. The standard InChI is InChI=1S/C12H6BrClS/c13-10-3-1-2-9-8-5-4-7(14)6-11(8)15-12(9)10/h1-6H. The van der Waals surface area contributed by atoms with E-state index in [4.69, 9.17) is 11.6 Å². The number of thiophene rings is 1. The van der Waals surface area contributed by atoms with E-state index in [1.165, 1.54) is 20.2 Å². The molecule has 0 saturated carbocycles. The summed E-state index contributed by atoms with van der Waals surface area (Å²) in [5.41, 5.74) is 0. The van der Waals surface area contributed by atoms with Crippen molar-refractivity contribution in [2.45, 2.75) is 0 Å². The lowest BCUT2D eigenvalue weighted by Gasteiger charge is -1.92. The van der Waals surface area contributed by atoms with E-state index in [-0.39, 0.29) is 0 Å². The maximum atomic E-state index is 5.98. The number of fused-ring (bicyclic) bond motifs is 3. The summed E-state index contributed by atoms with van der Waals surface area (Å²) >= 11 is 11.3. The summed E-state index contributed by atoms with van der Waals surface area (Å²) in [6, 6.07) is 12.3. The molecule has 1 aromatic heterocycles. The van der Waals surface area contributed by atoms with Gasteiger partial charge in [-0.05, 0) is 34.1 Å². The largest absolute Gasteiger partial charge is 0.134 e. The highest BCUT2D eigenvalue weighted by Crippen LogP contribution is 2.38. The second-order valence-electron chi connectivity index (χ2n) is 3.36. The van der Waals surface area contributed by atoms with Crippen molar-refractivity contribution in [3.05, 3.63) is 45.9 Å². The number of hydrogen-bond donors (Lipinski definition) is 0. The molecule has 0 saturated heterocycles. The molecule has 0 fully saturated rings. The molecular formula is C12H6BrClS. The van der Waals surface area contributed by atoms with Gasteiger partial charge in [0.1, 0.15) is 0 Å². The molecule has 0 aliphatic carbocycles. The molecule has 3 rings (SSSR count). The average molecular weight is 298 g/mol. The summed E-state index contributed by atoms with van der Waals surface area (Å²) in [5, 5.41) is 3.37. The van der Waals surface area contributed by atoms with Crippen LogP contribution in [0.4, 0.5) is 0 Å². The Bertz CT molecular complexity index is 657. The third kappa shape index (κ3) is 1.48. The van der Waals surface area contributed by atoms with Crippen molar-refractivity contribution >= 4 is 59.0 Å². The van der Waals surface area contributed by atoms with Gasteiger partial charge in [0, 0.05) is 29.7 Å². The zero-order chi connectivity index (χ0) is 10.4.